The summed E-state index contributed by atoms with van der Waals surface area (Å²) in [6.45, 7) is 8.70. The highest BCUT2D eigenvalue weighted by Crippen LogP contribution is 2.28. The highest BCUT2D eigenvalue weighted by molar-refractivity contribution is 5.93. The number of rotatable bonds is 8. The Balaban J connectivity index is 1.58. The standard InChI is InChI=1S/C21H28N4O3/c1-16(2)28-20-6-4-3-5-18(20)24-17-7-8-22-19(15-17)21(26)23-9-10-25-11-13-27-14-12-25/h3-8,15-16H,9-14H2,1-2H3,(H,22,24)(H,23,26). The molecule has 0 saturated carbocycles. The largest absolute Gasteiger partial charge is 0.489 e. The maximum Gasteiger partial charge on any atom is 0.269 e. The summed E-state index contributed by atoms with van der Waals surface area (Å²) in [5.41, 5.74) is 2.02. The molecule has 0 spiro atoms. The zero-order valence-corrected chi connectivity index (χ0v) is 16.5. The molecule has 1 saturated heterocycles. The van der Waals surface area contributed by atoms with Crippen LogP contribution in [0.1, 0.15) is 24.3 Å². The third kappa shape index (κ3) is 5.94. The lowest BCUT2D eigenvalue weighted by atomic mass is 10.2. The number of carbonyl (C=O) groups is 1. The second-order valence-electron chi connectivity index (χ2n) is 6.93. The number of hydrogen-bond donors (Lipinski definition) is 2. The Bertz CT molecular complexity index is 776. The van der Waals surface area contributed by atoms with Gasteiger partial charge in [-0.2, -0.15) is 0 Å². The van der Waals surface area contributed by atoms with Crippen LogP contribution >= 0.6 is 0 Å². The van der Waals surface area contributed by atoms with Crippen molar-refractivity contribution >= 4 is 17.3 Å². The summed E-state index contributed by atoms with van der Waals surface area (Å²) in [7, 11) is 0. The predicted molar refractivity (Wildman–Crippen MR) is 109 cm³/mol. The van der Waals surface area contributed by atoms with E-state index in [4.69, 9.17) is 9.47 Å². The van der Waals surface area contributed by atoms with Crippen LogP contribution in [-0.4, -0.2) is 61.3 Å². The van der Waals surface area contributed by atoms with E-state index in [9.17, 15) is 4.79 Å². The van der Waals surface area contributed by atoms with Crippen LogP contribution in [0.5, 0.6) is 5.75 Å². The minimum atomic E-state index is -0.177. The molecule has 0 unspecified atom stereocenters. The molecule has 2 aromatic rings. The number of pyridine rings is 1. The molecule has 1 aliphatic rings. The van der Waals surface area contributed by atoms with E-state index in [1.807, 2.05) is 44.2 Å². The number of ether oxygens (including phenoxy) is 2. The number of para-hydroxylation sites is 2. The number of benzene rings is 1. The van der Waals surface area contributed by atoms with Crippen LogP contribution in [0.4, 0.5) is 11.4 Å². The van der Waals surface area contributed by atoms with E-state index < -0.39 is 0 Å². The average Bonchev–Trinajstić information content (AvgIpc) is 2.70. The van der Waals surface area contributed by atoms with Gasteiger partial charge in [-0.05, 0) is 38.1 Å². The predicted octanol–water partition coefficient (Wildman–Crippen LogP) is 2.67. The summed E-state index contributed by atoms with van der Waals surface area (Å²) in [5.74, 6) is 0.592. The lowest BCUT2D eigenvalue weighted by Crippen LogP contribution is -2.41. The van der Waals surface area contributed by atoms with Crippen LogP contribution in [0.2, 0.25) is 0 Å². The maximum atomic E-state index is 12.4. The summed E-state index contributed by atoms with van der Waals surface area (Å²) in [6, 6.07) is 11.3. The van der Waals surface area contributed by atoms with Gasteiger partial charge in [0.25, 0.3) is 5.91 Å². The highest BCUT2D eigenvalue weighted by Gasteiger charge is 2.12. The second-order valence-corrected chi connectivity index (χ2v) is 6.93. The third-order valence-corrected chi connectivity index (χ3v) is 4.34. The lowest BCUT2D eigenvalue weighted by Gasteiger charge is -2.26. The summed E-state index contributed by atoms with van der Waals surface area (Å²) in [4.78, 5) is 18.9. The Morgan fingerprint density at radius 2 is 2.04 bits per heavy atom. The van der Waals surface area contributed by atoms with Gasteiger partial charge in [-0.15, -0.1) is 0 Å². The van der Waals surface area contributed by atoms with Gasteiger partial charge in [0.15, 0.2) is 0 Å². The number of anilines is 2. The smallest absolute Gasteiger partial charge is 0.269 e. The average molecular weight is 384 g/mol. The first kappa shape index (κ1) is 20.1. The zero-order chi connectivity index (χ0) is 19.8. The Kier molecular flexibility index (Phi) is 7.22. The van der Waals surface area contributed by atoms with E-state index in [1.54, 1.807) is 12.3 Å². The van der Waals surface area contributed by atoms with E-state index in [2.05, 4.69) is 20.5 Å². The summed E-state index contributed by atoms with van der Waals surface area (Å²) in [5, 5.41) is 6.25. The number of morpholine rings is 1. The SMILES string of the molecule is CC(C)Oc1ccccc1Nc1ccnc(C(=O)NCCN2CCOCC2)c1. The highest BCUT2D eigenvalue weighted by atomic mass is 16.5. The number of carbonyl (C=O) groups excluding carboxylic acids is 1. The van der Waals surface area contributed by atoms with Gasteiger partial charge >= 0.3 is 0 Å². The van der Waals surface area contributed by atoms with Crippen molar-refractivity contribution in [3.63, 3.8) is 0 Å². The molecule has 2 N–H and O–H groups in total. The van der Waals surface area contributed by atoms with Crippen molar-refractivity contribution in [3.8, 4) is 5.75 Å². The molecule has 1 aromatic carbocycles. The summed E-state index contributed by atoms with van der Waals surface area (Å²) in [6.07, 6.45) is 1.71. The van der Waals surface area contributed by atoms with E-state index in [-0.39, 0.29) is 12.0 Å². The second kappa shape index (κ2) is 10.1. The van der Waals surface area contributed by atoms with Crippen LogP contribution in [0.25, 0.3) is 0 Å². The summed E-state index contributed by atoms with van der Waals surface area (Å²) >= 11 is 0. The molecule has 0 atom stereocenters. The molecule has 7 heteroatoms. The molecule has 1 aliphatic heterocycles. The molecule has 3 rings (SSSR count). The normalized spacial score (nSPS) is 14.7. The number of nitrogens with zero attached hydrogens (tertiary/aromatic N) is 2. The van der Waals surface area contributed by atoms with Gasteiger partial charge in [-0.25, -0.2) is 0 Å². The van der Waals surface area contributed by atoms with E-state index in [1.165, 1.54) is 0 Å². The van der Waals surface area contributed by atoms with Crippen molar-refractivity contribution < 1.29 is 14.3 Å². The minimum absolute atomic E-state index is 0.0770. The first-order chi connectivity index (χ1) is 13.6. The Hall–Kier alpha value is -2.64. The molecule has 28 heavy (non-hydrogen) atoms. The molecular formula is C21H28N4O3. The molecule has 150 valence electrons. The molecule has 0 bridgehead atoms. The first-order valence-corrected chi connectivity index (χ1v) is 9.69. The lowest BCUT2D eigenvalue weighted by molar-refractivity contribution is 0.0383. The number of amides is 1. The van der Waals surface area contributed by atoms with Crippen molar-refractivity contribution in [2.24, 2.45) is 0 Å². The topological polar surface area (TPSA) is 75.7 Å². The summed E-state index contributed by atoms with van der Waals surface area (Å²) < 4.78 is 11.2. The molecule has 1 aromatic heterocycles. The van der Waals surface area contributed by atoms with E-state index in [0.29, 0.717) is 12.2 Å². The fourth-order valence-corrected chi connectivity index (χ4v) is 2.96. The zero-order valence-electron chi connectivity index (χ0n) is 16.5. The van der Waals surface area contributed by atoms with Gasteiger partial charge in [0.1, 0.15) is 11.4 Å². The number of aromatic nitrogens is 1. The Morgan fingerprint density at radius 1 is 1.25 bits per heavy atom. The molecule has 1 amide bonds. The van der Waals surface area contributed by atoms with Gasteiger partial charge in [-0.1, -0.05) is 12.1 Å². The van der Waals surface area contributed by atoms with E-state index >= 15 is 0 Å². The van der Waals surface area contributed by atoms with Crippen LogP contribution in [0, 0.1) is 0 Å². The number of hydrogen-bond acceptors (Lipinski definition) is 6. The number of nitrogens with one attached hydrogen (secondary N) is 2. The van der Waals surface area contributed by atoms with Gasteiger partial charge in [0, 0.05) is 38.1 Å². The van der Waals surface area contributed by atoms with Crippen molar-refractivity contribution in [1.82, 2.24) is 15.2 Å². The quantitative estimate of drug-likeness (QED) is 0.729. The molecule has 2 heterocycles. The third-order valence-electron chi connectivity index (χ3n) is 4.34. The van der Waals surface area contributed by atoms with Gasteiger partial charge < -0.3 is 20.1 Å². The molecule has 0 aliphatic carbocycles. The van der Waals surface area contributed by atoms with E-state index in [0.717, 1.165) is 50.0 Å². The molecular weight excluding hydrogens is 356 g/mol. The van der Waals surface area contributed by atoms with Crippen LogP contribution in [-0.2, 0) is 4.74 Å². The van der Waals surface area contributed by atoms with Gasteiger partial charge in [0.05, 0.1) is 25.0 Å². The van der Waals surface area contributed by atoms with Gasteiger partial charge in [-0.3, -0.25) is 14.7 Å². The van der Waals surface area contributed by atoms with Crippen LogP contribution in [0.15, 0.2) is 42.6 Å². The maximum absolute atomic E-state index is 12.4. The van der Waals surface area contributed by atoms with Crippen molar-refractivity contribution in [2.45, 2.75) is 20.0 Å². The minimum Gasteiger partial charge on any atom is -0.489 e. The molecule has 7 nitrogen and oxygen atoms in total. The van der Waals surface area contributed by atoms with Crippen molar-refractivity contribution in [2.75, 3.05) is 44.7 Å². The first-order valence-electron chi connectivity index (χ1n) is 9.69. The fraction of sp³-hybridized carbons (Fsp3) is 0.429. The Labute approximate surface area is 166 Å². The van der Waals surface area contributed by atoms with Crippen molar-refractivity contribution in [1.29, 1.82) is 0 Å². The van der Waals surface area contributed by atoms with Crippen molar-refractivity contribution in [3.05, 3.63) is 48.3 Å². The molecule has 0 radical (unpaired) electrons. The van der Waals surface area contributed by atoms with Crippen LogP contribution in [0.3, 0.4) is 0 Å². The van der Waals surface area contributed by atoms with Crippen LogP contribution < -0.4 is 15.4 Å². The van der Waals surface area contributed by atoms with Gasteiger partial charge in [0.2, 0.25) is 0 Å². The monoisotopic (exact) mass is 384 g/mol. The fourth-order valence-electron chi connectivity index (χ4n) is 2.96. The molecule has 1 fully saturated rings. The Morgan fingerprint density at radius 3 is 2.82 bits per heavy atom.